The number of anilines is 1. The SMILES string of the molecule is CCOc1ccc(C2CC(=O)Nc3c(S(=O)(=O)c4ccc(Cl)cc4)csc32)cc1OCC. The van der Waals surface area contributed by atoms with E-state index >= 15 is 0 Å². The van der Waals surface area contributed by atoms with Gasteiger partial charge in [0.15, 0.2) is 11.5 Å². The van der Waals surface area contributed by atoms with Gasteiger partial charge in [0.25, 0.3) is 0 Å². The first-order chi connectivity index (χ1) is 15.3. The molecule has 3 aromatic rings. The van der Waals surface area contributed by atoms with Crippen molar-refractivity contribution in [1.29, 1.82) is 0 Å². The smallest absolute Gasteiger partial charge is 0.225 e. The molecule has 2 aromatic carbocycles. The van der Waals surface area contributed by atoms with Gasteiger partial charge in [-0.2, -0.15) is 0 Å². The summed E-state index contributed by atoms with van der Waals surface area (Å²) < 4.78 is 37.9. The van der Waals surface area contributed by atoms with E-state index < -0.39 is 9.84 Å². The van der Waals surface area contributed by atoms with Gasteiger partial charge in [-0.3, -0.25) is 4.79 Å². The fourth-order valence-electron chi connectivity index (χ4n) is 3.70. The second kappa shape index (κ2) is 9.13. The molecule has 1 amide bonds. The van der Waals surface area contributed by atoms with Gasteiger partial charge in [0.2, 0.25) is 15.7 Å². The van der Waals surface area contributed by atoms with Crippen LogP contribution in [0.4, 0.5) is 5.69 Å². The van der Waals surface area contributed by atoms with Gasteiger partial charge in [0.1, 0.15) is 4.90 Å². The molecule has 1 atom stereocenters. The van der Waals surface area contributed by atoms with Crippen LogP contribution in [0.25, 0.3) is 0 Å². The molecule has 0 radical (unpaired) electrons. The lowest BCUT2D eigenvalue weighted by atomic mass is 9.90. The Morgan fingerprint density at radius 2 is 1.75 bits per heavy atom. The van der Waals surface area contributed by atoms with E-state index in [0.29, 0.717) is 35.4 Å². The van der Waals surface area contributed by atoms with Crippen molar-refractivity contribution in [2.24, 2.45) is 0 Å². The topological polar surface area (TPSA) is 81.7 Å². The maximum Gasteiger partial charge on any atom is 0.225 e. The summed E-state index contributed by atoms with van der Waals surface area (Å²) in [7, 11) is -3.82. The maximum absolute atomic E-state index is 13.3. The van der Waals surface area contributed by atoms with E-state index in [1.807, 2.05) is 32.0 Å². The molecule has 32 heavy (non-hydrogen) atoms. The van der Waals surface area contributed by atoms with Gasteiger partial charge in [-0.15, -0.1) is 11.3 Å². The van der Waals surface area contributed by atoms with Crippen molar-refractivity contribution < 1.29 is 22.7 Å². The Kier molecular flexibility index (Phi) is 6.46. The fraction of sp³-hybridized carbons (Fsp3) is 0.261. The number of fused-ring (bicyclic) bond motifs is 1. The molecular weight excluding hydrogens is 470 g/mol. The van der Waals surface area contributed by atoms with Crippen molar-refractivity contribution in [3.8, 4) is 11.5 Å². The zero-order valence-corrected chi connectivity index (χ0v) is 19.9. The zero-order valence-electron chi connectivity index (χ0n) is 17.6. The summed E-state index contributed by atoms with van der Waals surface area (Å²) in [4.78, 5) is 13.6. The number of nitrogens with one attached hydrogen (secondary N) is 1. The molecule has 0 saturated carbocycles. The molecule has 0 spiro atoms. The van der Waals surface area contributed by atoms with E-state index in [0.717, 1.165) is 10.4 Å². The lowest BCUT2D eigenvalue weighted by molar-refractivity contribution is -0.116. The van der Waals surface area contributed by atoms with Crippen LogP contribution in [-0.4, -0.2) is 27.5 Å². The minimum atomic E-state index is -3.82. The Bertz CT molecular complexity index is 1250. The molecule has 1 aromatic heterocycles. The molecule has 0 aliphatic carbocycles. The van der Waals surface area contributed by atoms with Crippen molar-refractivity contribution in [3.05, 3.63) is 63.3 Å². The lowest BCUT2D eigenvalue weighted by Crippen LogP contribution is -2.23. The first-order valence-corrected chi connectivity index (χ1v) is 12.9. The van der Waals surface area contributed by atoms with Crippen LogP contribution in [0.1, 0.15) is 36.6 Å². The molecule has 0 saturated heterocycles. The van der Waals surface area contributed by atoms with E-state index in [2.05, 4.69) is 5.32 Å². The first-order valence-electron chi connectivity index (χ1n) is 10.2. The van der Waals surface area contributed by atoms with Crippen molar-refractivity contribution in [1.82, 2.24) is 0 Å². The average Bonchev–Trinajstić information content (AvgIpc) is 3.19. The van der Waals surface area contributed by atoms with Gasteiger partial charge in [-0.05, 0) is 55.8 Å². The number of benzene rings is 2. The van der Waals surface area contributed by atoms with Crippen molar-refractivity contribution in [2.45, 2.75) is 36.0 Å². The third kappa shape index (κ3) is 4.22. The quantitative estimate of drug-likeness (QED) is 0.471. The van der Waals surface area contributed by atoms with Crippen molar-refractivity contribution in [2.75, 3.05) is 18.5 Å². The molecule has 4 rings (SSSR count). The lowest BCUT2D eigenvalue weighted by Gasteiger charge is -2.24. The standard InChI is InChI=1S/C23H22ClNO5S2/c1-3-29-18-10-5-14(11-19(18)30-4-2)17-12-21(26)25-22-20(13-31-23(17)22)32(27,28)16-8-6-15(24)7-9-16/h5-11,13,17H,3-4,12H2,1-2H3,(H,25,26). The molecule has 9 heteroatoms. The minimum Gasteiger partial charge on any atom is -0.490 e. The number of thiophene rings is 1. The van der Waals surface area contributed by atoms with Crippen LogP contribution in [0.3, 0.4) is 0 Å². The van der Waals surface area contributed by atoms with Crippen LogP contribution >= 0.6 is 22.9 Å². The van der Waals surface area contributed by atoms with Crippen LogP contribution in [-0.2, 0) is 14.6 Å². The number of hydrogen-bond donors (Lipinski definition) is 1. The van der Waals surface area contributed by atoms with Crippen LogP contribution in [0.5, 0.6) is 11.5 Å². The fourth-order valence-corrected chi connectivity index (χ4v) is 6.73. The van der Waals surface area contributed by atoms with E-state index in [1.165, 1.54) is 35.6 Å². The van der Waals surface area contributed by atoms with Crippen LogP contribution in [0, 0.1) is 0 Å². The predicted molar refractivity (Wildman–Crippen MR) is 125 cm³/mol. The summed E-state index contributed by atoms with van der Waals surface area (Å²) in [5, 5.41) is 4.82. The maximum atomic E-state index is 13.3. The predicted octanol–water partition coefficient (Wildman–Crippen LogP) is 5.51. The molecular formula is C23H22ClNO5S2. The Hall–Kier alpha value is -2.55. The first kappa shape index (κ1) is 22.6. The highest BCUT2D eigenvalue weighted by molar-refractivity contribution is 7.91. The monoisotopic (exact) mass is 491 g/mol. The highest BCUT2D eigenvalue weighted by Gasteiger charge is 2.34. The largest absolute Gasteiger partial charge is 0.490 e. The van der Waals surface area contributed by atoms with Gasteiger partial charge in [0, 0.05) is 27.6 Å². The van der Waals surface area contributed by atoms with E-state index in [1.54, 1.807) is 5.38 Å². The van der Waals surface area contributed by atoms with Crippen LogP contribution < -0.4 is 14.8 Å². The number of carbonyl (C=O) groups is 1. The highest BCUT2D eigenvalue weighted by Crippen LogP contribution is 2.47. The van der Waals surface area contributed by atoms with E-state index in [9.17, 15) is 13.2 Å². The Balaban J connectivity index is 1.77. The summed E-state index contributed by atoms with van der Waals surface area (Å²) in [6, 6.07) is 11.6. The number of sulfone groups is 1. The van der Waals surface area contributed by atoms with Gasteiger partial charge in [-0.1, -0.05) is 17.7 Å². The third-order valence-corrected chi connectivity index (χ3v) is 8.43. The summed E-state index contributed by atoms with van der Waals surface area (Å²) in [6.07, 6.45) is 0.216. The van der Waals surface area contributed by atoms with E-state index in [4.69, 9.17) is 21.1 Å². The molecule has 1 aliphatic rings. The summed E-state index contributed by atoms with van der Waals surface area (Å²) >= 11 is 7.23. The van der Waals surface area contributed by atoms with Crippen molar-refractivity contribution in [3.63, 3.8) is 0 Å². The molecule has 168 valence electrons. The highest BCUT2D eigenvalue weighted by atomic mass is 35.5. The second-order valence-electron chi connectivity index (χ2n) is 7.17. The van der Waals surface area contributed by atoms with Crippen LogP contribution in [0.2, 0.25) is 5.02 Å². The number of rotatable bonds is 7. The second-order valence-corrected chi connectivity index (χ2v) is 10.4. The average molecular weight is 492 g/mol. The number of ether oxygens (including phenoxy) is 2. The summed E-state index contributed by atoms with van der Waals surface area (Å²) in [5.74, 6) is 0.716. The van der Waals surface area contributed by atoms with Gasteiger partial charge >= 0.3 is 0 Å². The van der Waals surface area contributed by atoms with Gasteiger partial charge < -0.3 is 14.8 Å². The zero-order chi connectivity index (χ0) is 22.9. The molecule has 0 bridgehead atoms. The van der Waals surface area contributed by atoms with Gasteiger partial charge in [0.05, 0.1) is 23.8 Å². The Morgan fingerprint density at radius 3 is 2.44 bits per heavy atom. The Morgan fingerprint density at radius 1 is 1.06 bits per heavy atom. The molecule has 1 unspecified atom stereocenters. The molecule has 0 fully saturated rings. The number of halogens is 1. The van der Waals surface area contributed by atoms with Crippen molar-refractivity contribution >= 4 is 44.4 Å². The number of amides is 1. The summed E-state index contributed by atoms with van der Waals surface area (Å²) in [6.45, 7) is 4.77. The number of carbonyl (C=O) groups excluding carboxylic acids is 1. The van der Waals surface area contributed by atoms with Gasteiger partial charge in [-0.25, -0.2) is 8.42 Å². The Labute approximate surface area is 196 Å². The number of hydrogen-bond acceptors (Lipinski definition) is 6. The molecule has 1 aliphatic heterocycles. The molecule has 6 nitrogen and oxygen atoms in total. The summed E-state index contributed by atoms with van der Waals surface area (Å²) in [5.41, 5.74) is 1.21. The minimum absolute atomic E-state index is 0.0915. The molecule has 2 heterocycles. The van der Waals surface area contributed by atoms with E-state index in [-0.39, 0.29) is 28.0 Å². The third-order valence-electron chi connectivity index (χ3n) is 5.14. The normalized spacial score (nSPS) is 15.7. The molecule has 1 N–H and O–H groups in total. The van der Waals surface area contributed by atoms with Crippen LogP contribution in [0.15, 0.2) is 57.6 Å².